The first-order valence-electron chi connectivity index (χ1n) is 5.78. The normalized spacial score (nSPS) is 14.2. The van der Waals surface area contributed by atoms with Crippen LogP contribution in [0.2, 0.25) is 0 Å². The standard InChI is InChI=1S/C14H12F3NO/c1-2-14(19,12-7-6-9(15)8-18-12)10-4-3-5-11(16)13(10)17/h3-8,19H,2H2,1H3. The lowest BCUT2D eigenvalue weighted by molar-refractivity contribution is 0.0671. The average Bonchev–Trinajstić information content (AvgIpc) is 2.42. The topological polar surface area (TPSA) is 33.1 Å². The van der Waals surface area contributed by atoms with Gasteiger partial charge in [-0.2, -0.15) is 0 Å². The molecule has 2 aromatic rings. The van der Waals surface area contributed by atoms with Crippen LogP contribution in [-0.4, -0.2) is 10.1 Å². The molecule has 1 unspecified atom stereocenters. The molecule has 0 aliphatic carbocycles. The summed E-state index contributed by atoms with van der Waals surface area (Å²) in [5, 5.41) is 10.6. The number of aromatic nitrogens is 1. The van der Waals surface area contributed by atoms with E-state index in [1.54, 1.807) is 6.92 Å². The van der Waals surface area contributed by atoms with Crippen molar-refractivity contribution in [1.82, 2.24) is 4.98 Å². The Morgan fingerprint density at radius 3 is 2.47 bits per heavy atom. The Morgan fingerprint density at radius 1 is 1.16 bits per heavy atom. The van der Waals surface area contributed by atoms with Crippen LogP contribution >= 0.6 is 0 Å². The van der Waals surface area contributed by atoms with Gasteiger partial charge in [-0.1, -0.05) is 19.1 Å². The van der Waals surface area contributed by atoms with Crippen molar-refractivity contribution in [2.24, 2.45) is 0 Å². The third-order valence-corrected chi connectivity index (χ3v) is 3.06. The zero-order valence-electron chi connectivity index (χ0n) is 10.2. The van der Waals surface area contributed by atoms with E-state index in [1.165, 1.54) is 18.2 Å². The van der Waals surface area contributed by atoms with Crippen LogP contribution in [-0.2, 0) is 5.60 Å². The van der Waals surface area contributed by atoms with E-state index >= 15 is 0 Å². The number of benzene rings is 1. The van der Waals surface area contributed by atoms with Crippen molar-refractivity contribution in [3.63, 3.8) is 0 Å². The Balaban J connectivity index is 2.59. The van der Waals surface area contributed by atoms with Crippen molar-refractivity contribution in [1.29, 1.82) is 0 Å². The van der Waals surface area contributed by atoms with Crippen molar-refractivity contribution in [3.8, 4) is 0 Å². The third kappa shape index (κ3) is 2.33. The molecule has 0 aliphatic heterocycles. The summed E-state index contributed by atoms with van der Waals surface area (Å²) >= 11 is 0. The number of pyridine rings is 1. The maximum absolute atomic E-state index is 13.8. The highest BCUT2D eigenvalue weighted by atomic mass is 19.2. The summed E-state index contributed by atoms with van der Waals surface area (Å²) in [6.45, 7) is 1.61. The maximum atomic E-state index is 13.8. The van der Waals surface area contributed by atoms with E-state index in [2.05, 4.69) is 4.98 Å². The van der Waals surface area contributed by atoms with Crippen LogP contribution < -0.4 is 0 Å². The molecule has 0 aliphatic rings. The predicted molar refractivity (Wildman–Crippen MR) is 63.8 cm³/mol. The lowest BCUT2D eigenvalue weighted by atomic mass is 9.87. The molecule has 0 radical (unpaired) electrons. The predicted octanol–water partition coefficient (Wildman–Crippen LogP) is 3.14. The maximum Gasteiger partial charge on any atom is 0.165 e. The molecule has 1 aromatic carbocycles. The van der Waals surface area contributed by atoms with Crippen LogP contribution in [0.25, 0.3) is 0 Å². The first-order valence-corrected chi connectivity index (χ1v) is 5.78. The van der Waals surface area contributed by atoms with Gasteiger partial charge in [0, 0.05) is 5.56 Å². The van der Waals surface area contributed by atoms with Crippen LogP contribution in [0.5, 0.6) is 0 Å². The van der Waals surface area contributed by atoms with Crippen LogP contribution in [0.4, 0.5) is 13.2 Å². The first kappa shape index (κ1) is 13.5. The molecular formula is C14H12F3NO. The number of rotatable bonds is 3. The van der Waals surface area contributed by atoms with Crippen LogP contribution in [0.1, 0.15) is 24.6 Å². The number of halogens is 3. The SMILES string of the molecule is CCC(O)(c1ccc(F)cn1)c1cccc(F)c1F. The molecule has 0 bridgehead atoms. The summed E-state index contributed by atoms with van der Waals surface area (Å²) in [4.78, 5) is 3.75. The van der Waals surface area contributed by atoms with Crippen molar-refractivity contribution >= 4 is 0 Å². The molecule has 0 saturated heterocycles. The molecule has 2 rings (SSSR count). The molecule has 0 spiro atoms. The molecule has 5 heteroatoms. The van der Waals surface area contributed by atoms with Crippen molar-refractivity contribution in [2.45, 2.75) is 18.9 Å². The van der Waals surface area contributed by atoms with E-state index < -0.39 is 23.1 Å². The summed E-state index contributed by atoms with van der Waals surface area (Å²) in [7, 11) is 0. The fraction of sp³-hybridized carbons (Fsp3) is 0.214. The quantitative estimate of drug-likeness (QED) is 0.926. The molecular weight excluding hydrogens is 255 g/mol. The lowest BCUT2D eigenvalue weighted by Crippen LogP contribution is -2.29. The summed E-state index contributed by atoms with van der Waals surface area (Å²) in [6.07, 6.45) is 0.999. The average molecular weight is 267 g/mol. The summed E-state index contributed by atoms with van der Waals surface area (Å²) < 4.78 is 39.9. The number of nitrogens with zero attached hydrogens (tertiary/aromatic N) is 1. The van der Waals surface area contributed by atoms with E-state index in [0.29, 0.717) is 0 Å². The minimum atomic E-state index is -1.79. The monoisotopic (exact) mass is 267 g/mol. The van der Waals surface area contributed by atoms with Gasteiger partial charge >= 0.3 is 0 Å². The van der Waals surface area contributed by atoms with Gasteiger partial charge in [-0.25, -0.2) is 13.2 Å². The van der Waals surface area contributed by atoms with Crippen LogP contribution in [0, 0.1) is 17.5 Å². The summed E-state index contributed by atoms with van der Waals surface area (Å²) in [5.41, 5.74) is -1.94. The van der Waals surface area contributed by atoms with Gasteiger partial charge in [0.25, 0.3) is 0 Å². The Labute approximate surface area is 108 Å². The molecule has 0 saturated carbocycles. The number of hydrogen-bond acceptors (Lipinski definition) is 2. The molecule has 1 heterocycles. The fourth-order valence-corrected chi connectivity index (χ4v) is 1.95. The molecule has 1 aromatic heterocycles. The van der Waals surface area contributed by atoms with E-state index in [9.17, 15) is 18.3 Å². The summed E-state index contributed by atoms with van der Waals surface area (Å²) in [6, 6.07) is 5.92. The highest BCUT2D eigenvalue weighted by molar-refractivity contribution is 5.33. The van der Waals surface area contributed by atoms with Gasteiger partial charge in [0.1, 0.15) is 11.4 Å². The number of hydrogen-bond donors (Lipinski definition) is 1. The second-order valence-electron chi connectivity index (χ2n) is 4.18. The zero-order chi connectivity index (χ0) is 14.0. The molecule has 1 atom stereocenters. The van der Waals surface area contributed by atoms with E-state index in [1.807, 2.05) is 0 Å². The second-order valence-corrected chi connectivity index (χ2v) is 4.18. The highest BCUT2D eigenvalue weighted by Crippen LogP contribution is 2.33. The van der Waals surface area contributed by atoms with Crippen molar-refractivity contribution < 1.29 is 18.3 Å². The van der Waals surface area contributed by atoms with E-state index in [0.717, 1.165) is 18.3 Å². The van der Waals surface area contributed by atoms with E-state index in [4.69, 9.17) is 0 Å². The minimum Gasteiger partial charge on any atom is -0.379 e. The molecule has 100 valence electrons. The minimum absolute atomic E-state index is 0.0703. The van der Waals surface area contributed by atoms with Gasteiger partial charge < -0.3 is 5.11 Å². The highest BCUT2D eigenvalue weighted by Gasteiger charge is 2.34. The van der Waals surface area contributed by atoms with Gasteiger partial charge in [0.05, 0.1) is 11.9 Å². The van der Waals surface area contributed by atoms with Gasteiger partial charge in [-0.3, -0.25) is 4.98 Å². The van der Waals surface area contributed by atoms with Gasteiger partial charge in [-0.15, -0.1) is 0 Å². The molecule has 0 amide bonds. The Morgan fingerprint density at radius 2 is 1.89 bits per heavy atom. The smallest absolute Gasteiger partial charge is 0.165 e. The number of aliphatic hydroxyl groups is 1. The van der Waals surface area contributed by atoms with Gasteiger partial charge in [-0.05, 0) is 24.6 Å². The summed E-state index contributed by atoms with van der Waals surface area (Å²) in [5.74, 6) is -2.74. The third-order valence-electron chi connectivity index (χ3n) is 3.06. The Bertz CT molecular complexity index is 586. The van der Waals surface area contributed by atoms with Crippen molar-refractivity contribution in [3.05, 3.63) is 65.2 Å². The second kappa shape index (κ2) is 5.01. The zero-order valence-corrected chi connectivity index (χ0v) is 10.2. The first-order chi connectivity index (χ1) is 8.99. The molecule has 1 N–H and O–H groups in total. The largest absolute Gasteiger partial charge is 0.379 e. The van der Waals surface area contributed by atoms with Gasteiger partial charge in [0.2, 0.25) is 0 Å². The Kier molecular flexibility index (Phi) is 3.57. The lowest BCUT2D eigenvalue weighted by Gasteiger charge is -2.27. The van der Waals surface area contributed by atoms with Crippen LogP contribution in [0.3, 0.4) is 0 Å². The fourth-order valence-electron chi connectivity index (χ4n) is 1.95. The molecule has 19 heavy (non-hydrogen) atoms. The van der Waals surface area contributed by atoms with Gasteiger partial charge in [0.15, 0.2) is 11.6 Å². The molecule has 2 nitrogen and oxygen atoms in total. The van der Waals surface area contributed by atoms with E-state index in [-0.39, 0.29) is 17.7 Å². The van der Waals surface area contributed by atoms with Crippen LogP contribution in [0.15, 0.2) is 36.5 Å². The van der Waals surface area contributed by atoms with Crippen molar-refractivity contribution in [2.75, 3.05) is 0 Å². The molecule has 0 fully saturated rings. The Hall–Kier alpha value is -1.88.